The molecule has 0 aliphatic heterocycles. The zero-order valence-corrected chi connectivity index (χ0v) is 65.3. The molecular weight excluding hydrogens is 1330 g/mol. The van der Waals surface area contributed by atoms with E-state index in [0.717, 1.165) is 161 Å². The van der Waals surface area contributed by atoms with E-state index >= 15 is 0 Å². The van der Waals surface area contributed by atoms with Gasteiger partial charge in [0.1, 0.15) is 19.3 Å². The van der Waals surface area contributed by atoms with Crippen molar-refractivity contribution in [2.24, 2.45) is 0 Å². The summed E-state index contributed by atoms with van der Waals surface area (Å²) in [6.45, 7) is 4.42. The normalized spacial score (nSPS) is 14.7. The Morgan fingerprint density at radius 2 is 0.520 bits per heavy atom. The Hall–Kier alpha value is -5.06. The smallest absolute Gasteiger partial charge is 0.462 e. The molecule has 5 unspecified atom stereocenters. The van der Waals surface area contributed by atoms with E-state index in [2.05, 4.69) is 161 Å². The van der Waals surface area contributed by atoms with Crippen LogP contribution in [-0.2, 0) is 65.4 Å². The number of aliphatic hydroxyl groups is 1. The Morgan fingerprint density at radius 3 is 0.824 bits per heavy atom. The maximum absolute atomic E-state index is 13.1. The van der Waals surface area contributed by atoms with Crippen LogP contribution in [0.1, 0.15) is 297 Å². The molecule has 19 heteroatoms. The van der Waals surface area contributed by atoms with Crippen molar-refractivity contribution in [2.45, 2.75) is 316 Å². The van der Waals surface area contributed by atoms with Crippen molar-refractivity contribution < 1.29 is 80.2 Å². The lowest BCUT2D eigenvalue weighted by atomic mass is 10.0. The number of unbranched alkanes of at least 4 members (excludes halogenated alkanes) is 22. The standard InChI is InChI=1S/C83H138O17P2/c1-5-9-13-17-21-25-29-33-36-38-41-44-47-51-55-59-63-67-80(85)93-73-78(99-82(87)69-65-61-57-53-49-43-32-28-24-20-16-12-8-4)75-97-101(89,90)95-71-77(84)72-96-102(91,92)98-76-79(100-83(88)70-66-62-58-54-50-46-40-35-31-27-23-19-15-11-7-3)74-94-81(86)68-64-60-56-52-48-45-42-39-37-34-30-26-22-18-14-10-6-2/h9-11,13-15,21-23,25-27,33-37,40-42,44-45,51,55,77-79,84H,5-8,12,16-20,24,28-32,38-39,43,46-50,52-54,56-76H2,1-4H3,(H,89,90)(H,91,92)/b13-9-,14-10-,15-11-,25-21-,26-22-,27-23-,36-33-,37-34-,40-35-,44-41-,45-42-,55-51-. The quantitative estimate of drug-likeness (QED) is 0.0169. The molecule has 0 amide bonds. The minimum absolute atomic E-state index is 0.0647. The molecule has 3 N–H and O–H groups in total. The van der Waals surface area contributed by atoms with Gasteiger partial charge in [0, 0.05) is 25.7 Å². The number of ether oxygens (including phenoxy) is 4. The first-order valence-electron chi connectivity index (χ1n) is 39.1. The molecule has 0 saturated carbocycles. The average molecular weight is 1470 g/mol. The van der Waals surface area contributed by atoms with Crippen LogP contribution in [0.4, 0.5) is 0 Å². The molecule has 0 aliphatic rings. The monoisotopic (exact) mass is 1470 g/mol. The van der Waals surface area contributed by atoms with Gasteiger partial charge in [0.05, 0.1) is 26.4 Å². The molecular formula is C83H138O17P2. The van der Waals surface area contributed by atoms with Gasteiger partial charge in [-0.1, -0.05) is 283 Å². The van der Waals surface area contributed by atoms with E-state index in [4.69, 9.17) is 37.0 Å². The fourth-order valence-corrected chi connectivity index (χ4v) is 11.5. The van der Waals surface area contributed by atoms with Crippen molar-refractivity contribution in [1.29, 1.82) is 0 Å². The number of phosphoric ester groups is 2. The van der Waals surface area contributed by atoms with Gasteiger partial charge >= 0.3 is 39.5 Å². The van der Waals surface area contributed by atoms with Crippen LogP contribution in [0.2, 0.25) is 0 Å². The van der Waals surface area contributed by atoms with Gasteiger partial charge in [0.25, 0.3) is 0 Å². The molecule has 0 saturated heterocycles. The molecule has 0 fully saturated rings. The van der Waals surface area contributed by atoms with Crippen molar-refractivity contribution in [3.05, 3.63) is 146 Å². The first-order chi connectivity index (χ1) is 49.7. The highest BCUT2D eigenvalue weighted by molar-refractivity contribution is 7.47. The summed E-state index contributed by atoms with van der Waals surface area (Å²) in [6, 6.07) is 0. The summed E-state index contributed by atoms with van der Waals surface area (Å²) >= 11 is 0. The highest BCUT2D eigenvalue weighted by Gasteiger charge is 2.30. The first-order valence-corrected chi connectivity index (χ1v) is 42.1. The average Bonchev–Trinajstić information content (AvgIpc) is 0.908. The summed E-state index contributed by atoms with van der Waals surface area (Å²) in [5, 5.41) is 10.6. The zero-order chi connectivity index (χ0) is 74.6. The number of esters is 4. The third kappa shape index (κ3) is 73.3. The number of carbonyl (C=O) groups is 4. The van der Waals surface area contributed by atoms with Gasteiger partial charge in [-0.25, -0.2) is 9.13 Å². The predicted molar refractivity (Wildman–Crippen MR) is 417 cm³/mol. The Morgan fingerprint density at radius 1 is 0.284 bits per heavy atom. The van der Waals surface area contributed by atoms with Crippen LogP contribution >= 0.6 is 15.6 Å². The Labute approximate surface area is 617 Å². The lowest BCUT2D eigenvalue weighted by Gasteiger charge is -2.21. The van der Waals surface area contributed by atoms with Crippen molar-refractivity contribution in [3.8, 4) is 0 Å². The van der Waals surface area contributed by atoms with E-state index in [-0.39, 0.29) is 25.7 Å². The SMILES string of the molecule is CC/C=C\C/C=C\C/C=C\C/C=C\C/C=C\CCCC(=O)OCC(COP(=O)(O)OCC(O)COP(=O)(O)OCC(COC(=O)CCCCCC/C=C\C/C=C\C/C=C\C/C=C\CC)OC(=O)CCCCCCC/C=C\C/C=C\C/C=C\CC)OC(=O)CCCCCCCCCCCCCCC. The number of hydrogen-bond donors (Lipinski definition) is 3. The largest absolute Gasteiger partial charge is 0.472 e. The fourth-order valence-electron chi connectivity index (χ4n) is 9.97. The van der Waals surface area contributed by atoms with Crippen LogP contribution in [0.25, 0.3) is 0 Å². The van der Waals surface area contributed by atoms with Crippen LogP contribution < -0.4 is 0 Å². The first kappa shape index (κ1) is 96.9. The van der Waals surface area contributed by atoms with Crippen molar-refractivity contribution in [2.75, 3.05) is 39.6 Å². The van der Waals surface area contributed by atoms with E-state index < -0.39 is 97.5 Å². The van der Waals surface area contributed by atoms with E-state index in [9.17, 15) is 43.2 Å². The Bertz CT molecular complexity index is 2510. The molecule has 0 bridgehead atoms. The van der Waals surface area contributed by atoms with Crippen molar-refractivity contribution >= 4 is 39.5 Å². The Balaban J connectivity index is 5.44. The molecule has 0 rings (SSSR count). The van der Waals surface area contributed by atoms with Gasteiger partial charge in [-0.3, -0.25) is 37.3 Å². The second-order valence-electron chi connectivity index (χ2n) is 25.5. The van der Waals surface area contributed by atoms with E-state index in [1.54, 1.807) is 0 Å². The lowest BCUT2D eigenvalue weighted by Crippen LogP contribution is -2.30. The predicted octanol–water partition coefficient (Wildman–Crippen LogP) is 22.7. The van der Waals surface area contributed by atoms with Gasteiger partial charge in [0.15, 0.2) is 12.2 Å². The van der Waals surface area contributed by atoms with Crippen molar-refractivity contribution in [3.63, 3.8) is 0 Å². The van der Waals surface area contributed by atoms with Crippen LogP contribution in [0, 0.1) is 0 Å². The molecule has 0 aromatic rings. The molecule has 17 nitrogen and oxygen atoms in total. The summed E-state index contributed by atoms with van der Waals surface area (Å²) in [7, 11) is -9.99. The van der Waals surface area contributed by atoms with Crippen LogP contribution in [0.3, 0.4) is 0 Å². The Kier molecular flexibility index (Phi) is 70.5. The molecule has 0 aromatic heterocycles. The molecule has 0 radical (unpaired) electrons. The van der Waals surface area contributed by atoms with Gasteiger partial charge in [-0.15, -0.1) is 0 Å². The van der Waals surface area contributed by atoms with Gasteiger partial charge < -0.3 is 33.8 Å². The topological polar surface area (TPSA) is 237 Å². The number of phosphoric acid groups is 2. The second-order valence-corrected chi connectivity index (χ2v) is 28.4. The molecule has 0 spiro atoms. The van der Waals surface area contributed by atoms with Gasteiger partial charge in [-0.2, -0.15) is 0 Å². The molecule has 5 atom stereocenters. The minimum atomic E-state index is -4.99. The highest BCUT2D eigenvalue weighted by atomic mass is 31.2. The van der Waals surface area contributed by atoms with E-state index in [1.807, 2.05) is 12.2 Å². The lowest BCUT2D eigenvalue weighted by molar-refractivity contribution is -0.161. The number of rotatable bonds is 72. The van der Waals surface area contributed by atoms with Gasteiger partial charge in [-0.05, 0) is 135 Å². The molecule has 0 aromatic carbocycles. The number of carbonyl (C=O) groups excluding carboxylic acids is 4. The third-order valence-electron chi connectivity index (χ3n) is 15.8. The third-order valence-corrected chi connectivity index (χ3v) is 17.7. The van der Waals surface area contributed by atoms with Crippen LogP contribution in [0.15, 0.2) is 146 Å². The maximum atomic E-state index is 13.1. The summed E-state index contributed by atoms with van der Waals surface area (Å²) < 4.78 is 68.5. The van der Waals surface area contributed by atoms with Crippen LogP contribution in [0.5, 0.6) is 0 Å². The highest BCUT2D eigenvalue weighted by Crippen LogP contribution is 2.45. The number of hydrogen-bond acceptors (Lipinski definition) is 15. The van der Waals surface area contributed by atoms with Gasteiger partial charge in [0.2, 0.25) is 0 Å². The maximum Gasteiger partial charge on any atom is 0.472 e. The molecule has 0 heterocycles. The number of allylic oxidation sites excluding steroid dienone is 24. The zero-order valence-electron chi connectivity index (χ0n) is 63.5. The second kappa shape index (κ2) is 74.2. The summed E-state index contributed by atoms with van der Waals surface area (Å²) in [5.41, 5.74) is 0. The van der Waals surface area contributed by atoms with Crippen molar-refractivity contribution in [1.82, 2.24) is 0 Å². The summed E-state index contributed by atoms with van der Waals surface area (Å²) in [4.78, 5) is 72.9. The summed E-state index contributed by atoms with van der Waals surface area (Å²) in [5.74, 6) is -2.29. The molecule has 102 heavy (non-hydrogen) atoms. The summed E-state index contributed by atoms with van der Waals surface area (Å²) in [6.07, 6.45) is 84.1. The van der Waals surface area contributed by atoms with E-state index in [1.165, 1.54) is 51.4 Å². The molecule has 582 valence electrons. The molecule has 0 aliphatic carbocycles. The fraction of sp³-hybridized carbons (Fsp3) is 0.663. The van der Waals surface area contributed by atoms with E-state index in [0.29, 0.717) is 32.1 Å². The number of aliphatic hydroxyl groups excluding tert-OH is 1. The van der Waals surface area contributed by atoms with Crippen LogP contribution in [-0.4, -0.2) is 96.7 Å². The minimum Gasteiger partial charge on any atom is -0.462 e.